The molecule has 1 atom stereocenters. The highest BCUT2D eigenvalue weighted by molar-refractivity contribution is 5.92. The predicted molar refractivity (Wildman–Crippen MR) is 129 cm³/mol. The minimum absolute atomic E-state index is 0.138. The van der Waals surface area contributed by atoms with Crippen molar-refractivity contribution in [3.8, 4) is 11.4 Å². The molecule has 174 valence electrons. The number of fused-ring (bicyclic) bond motifs is 1. The minimum atomic E-state index is -1.20. The van der Waals surface area contributed by atoms with E-state index in [9.17, 15) is 14.3 Å². The maximum atomic E-state index is 13.9. The first-order chi connectivity index (χ1) is 16.3. The van der Waals surface area contributed by atoms with Crippen molar-refractivity contribution in [2.24, 2.45) is 5.92 Å². The fraction of sp³-hybridized carbons (Fsp3) is 0.308. The molecule has 7 nitrogen and oxygen atoms in total. The molecule has 0 radical (unpaired) electrons. The Kier molecular flexibility index (Phi) is 5.51. The summed E-state index contributed by atoms with van der Waals surface area (Å²) in [6.07, 6.45) is 2.27. The molecule has 0 unspecified atom stereocenters. The third-order valence-electron chi connectivity index (χ3n) is 6.33. The number of imidazole rings is 1. The Labute approximate surface area is 196 Å². The molecule has 2 aromatic heterocycles. The van der Waals surface area contributed by atoms with E-state index >= 15 is 0 Å². The van der Waals surface area contributed by atoms with Crippen LogP contribution in [0.15, 0.2) is 42.5 Å². The average molecular weight is 460 g/mol. The number of hydrogen-bond donors (Lipinski definition) is 2. The van der Waals surface area contributed by atoms with Crippen LogP contribution in [0.25, 0.3) is 22.6 Å². The van der Waals surface area contributed by atoms with Gasteiger partial charge in [-0.1, -0.05) is 35.9 Å². The summed E-state index contributed by atoms with van der Waals surface area (Å²) in [6.45, 7) is 6.23. The maximum absolute atomic E-state index is 13.9. The molecule has 1 aliphatic carbocycles. The van der Waals surface area contributed by atoms with Crippen molar-refractivity contribution >= 4 is 23.0 Å². The summed E-state index contributed by atoms with van der Waals surface area (Å²) in [6, 6.07) is 13.1. The fourth-order valence-electron chi connectivity index (χ4n) is 4.31. The Morgan fingerprint density at radius 1 is 1.18 bits per heavy atom. The zero-order chi connectivity index (χ0) is 24.0. The van der Waals surface area contributed by atoms with Gasteiger partial charge in [-0.25, -0.2) is 24.1 Å². The molecule has 2 N–H and O–H groups in total. The van der Waals surface area contributed by atoms with Gasteiger partial charge < -0.3 is 15.0 Å². The summed E-state index contributed by atoms with van der Waals surface area (Å²) in [4.78, 5) is 25.2. The first kappa shape index (κ1) is 22.0. The first-order valence-electron chi connectivity index (χ1n) is 11.4. The van der Waals surface area contributed by atoms with Gasteiger partial charge in [0.15, 0.2) is 11.5 Å². The molecule has 1 saturated carbocycles. The van der Waals surface area contributed by atoms with E-state index in [1.54, 1.807) is 13.0 Å². The SMILES string of the molecule is Cc1cccc(-c2nc3nc(C(=O)O)nc(N[C@H](C)C4CC4)c3n2Cc2ccc(F)c(C)c2)c1. The predicted octanol–water partition coefficient (Wildman–Crippen LogP) is 5.21. The summed E-state index contributed by atoms with van der Waals surface area (Å²) >= 11 is 0. The summed E-state index contributed by atoms with van der Waals surface area (Å²) in [5.74, 6) is -0.119. The van der Waals surface area contributed by atoms with E-state index in [0.717, 1.165) is 29.5 Å². The van der Waals surface area contributed by atoms with Gasteiger partial charge >= 0.3 is 5.97 Å². The Morgan fingerprint density at radius 3 is 2.65 bits per heavy atom. The molecule has 2 heterocycles. The van der Waals surface area contributed by atoms with Gasteiger partial charge in [-0.2, -0.15) is 0 Å². The van der Waals surface area contributed by atoms with Crippen LogP contribution in [-0.2, 0) is 6.54 Å². The van der Waals surface area contributed by atoms with Crippen molar-refractivity contribution in [1.29, 1.82) is 0 Å². The lowest BCUT2D eigenvalue weighted by molar-refractivity contribution is 0.0684. The Balaban J connectivity index is 1.74. The van der Waals surface area contributed by atoms with Crippen LogP contribution in [0.4, 0.5) is 10.2 Å². The Hall–Kier alpha value is -3.81. The number of benzene rings is 2. The quantitative estimate of drug-likeness (QED) is 0.394. The molecule has 2 aromatic carbocycles. The fourth-order valence-corrected chi connectivity index (χ4v) is 4.31. The average Bonchev–Trinajstić information content (AvgIpc) is 3.58. The summed E-state index contributed by atoms with van der Waals surface area (Å²) in [7, 11) is 0. The van der Waals surface area contributed by atoms with Gasteiger partial charge in [-0.3, -0.25) is 0 Å². The molecule has 0 spiro atoms. The minimum Gasteiger partial charge on any atom is -0.475 e. The Bertz CT molecular complexity index is 1410. The second-order valence-electron chi connectivity index (χ2n) is 9.12. The van der Waals surface area contributed by atoms with Crippen LogP contribution in [0.1, 0.15) is 47.1 Å². The molecule has 1 fully saturated rings. The van der Waals surface area contributed by atoms with Gasteiger partial charge in [0.25, 0.3) is 0 Å². The third kappa shape index (κ3) is 4.23. The lowest BCUT2D eigenvalue weighted by Crippen LogP contribution is -2.20. The summed E-state index contributed by atoms with van der Waals surface area (Å²) in [5, 5.41) is 13.1. The van der Waals surface area contributed by atoms with Crippen molar-refractivity contribution in [3.05, 3.63) is 70.8 Å². The Morgan fingerprint density at radius 2 is 1.97 bits per heavy atom. The second kappa shape index (κ2) is 8.52. The van der Waals surface area contributed by atoms with Crippen LogP contribution in [0.5, 0.6) is 0 Å². The lowest BCUT2D eigenvalue weighted by atomic mass is 10.1. The van der Waals surface area contributed by atoms with Gasteiger partial charge in [0.1, 0.15) is 17.2 Å². The van der Waals surface area contributed by atoms with E-state index in [-0.39, 0.29) is 17.7 Å². The molecule has 1 aliphatic rings. The summed E-state index contributed by atoms with van der Waals surface area (Å²) in [5.41, 5.74) is 4.37. The van der Waals surface area contributed by atoms with E-state index in [1.807, 2.05) is 41.8 Å². The number of aromatic carboxylic acids is 1. The largest absolute Gasteiger partial charge is 0.475 e. The third-order valence-corrected chi connectivity index (χ3v) is 6.33. The number of hydrogen-bond acceptors (Lipinski definition) is 5. The van der Waals surface area contributed by atoms with Gasteiger partial charge in [0.05, 0.1) is 0 Å². The zero-order valence-corrected chi connectivity index (χ0v) is 19.3. The monoisotopic (exact) mass is 459 g/mol. The molecule has 4 aromatic rings. The molecule has 34 heavy (non-hydrogen) atoms. The molecule has 8 heteroatoms. The van der Waals surface area contributed by atoms with Gasteiger partial charge in [-0.05, 0) is 62.8 Å². The van der Waals surface area contributed by atoms with Crippen LogP contribution in [0.2, 0.25) is 0 Å². The van der Waals surface area contributed by atoms with Crippen molar-refractivity contribution in [3.63, 3.8) is 0 Å². The first-order valence-corrected chi connectivity index (χ1v) is 11.4. The number of rotatable bonds is 7. The van der Waals surface area contributed by atoms with E-state index in [0.29, 0.717) is 40.8 Å². The van der Waals surface area contributed by atoms with Gasteiger partial charge in [-0.15, -0.1) is 0 Å². The second-order valence-corrected chi connectivity index (χ2v) is 9.12. The number of aryl methyl sites for hydroxylation is 2. The molecular weight excluding hydrogens is 433 g/mol. The van der Waals surface area contributed by atoms with E-state index in [2.05, 4.69) is 22.2 Å². The number of halogens is 1. The van der Waals surface area contributed by atoms with Crippen molar-refractivity contribution in [2.75, 3.05) is 5.32 Å². The van der Waals surface area contributed by atoms with Crippen LogP contribution < -0.4 is 5.32 Å². The highest BCUT2D eigenvalue weighted by Gasteiger charge is 2.30. The number of aromatic nitrogens is 4. The van der Waals surface area contributed by atoms with Gasteiger partial charge in [0.2, 0.25) is 5.82 Å². The van der Waals surface area contributed by atoms with Crippen LogP contribution in [0.3, 0.4) is 0 Å². The van der Waals surface area contributed by atoms with Crippen molar-refractivity contribution in [2.45, 2.75) is 46.2 Å². The summed E-state index contributed by atoms with van der Waals surface area (Å²) < 4.78 is 15.9. The molecule has 0 bridgehead atoms. The van der Waals surface area contributed by atoms with E-state index in [1.165, 1.54) is 6.07 Å². The smallest absolute Gasteiger partial charge is 0.374 e. The number of anilines is 1. The number of carboxylic acid groups (broad SMARTS) is 1. The standard InChI is InChI=1S/C26H26FN5O2/c1-14-5-4-6-19(11-14)25-31-23-21(32(25)13-17-7-10-20(27)15(2)12-17)22(28-16(3)18-8-9-18)29-24(30-23)26(33)34/h4-7,10-12,16,18H,8-9,13H2,1-3H3,(H,33,34)(H,28,29,30)/t16-/m1/s1. The van der Waals surface area contributed by atoms with Crippen LogP contribution >= 0.6 is 0 Å². The molecule has 0 amide bonds. The van der Waals surface area contributed by atoms with Crippen LogP contribution in [0, 0.1) is 25.6 Å². The van der Waals surface area contributed by atoms with Crippen LogP contribution in [-0.4, -0.2) is 36.6 Å². The number of carbonyl (C=O) groups is 1. The van der Waals surface area contributed by atoms with Gasteiger partial charge in [0, 0.05) is 18.2 Å². The van der Waals surface area contributed by atoms with Crippen molar-refractivity contribution < 1.29 is 14.3 Å². The number of nitrogens with one attached hydrogen (secondary N) is 1. The lowest BCUT2D eigenvalue weighted by Gasteiger charge is -2.17. The molecular formula is C26H26FN5O2. The molecule has 5 rings (SSSR count). The maximum Gasteiger partial charge on any atom is 0.374 e. The highest BCUT2D eigenvalue weighted by atomic mass is 19.1. The van der Waals surface area contributed by atoms with Crippen molar-refractivity contribution in [1.82, 2.24) is 19.5 Å². The zero-order valence-electron chi connectivity index (χ0n) is 19.3. The normalized spacial score (nSPS) is 14.4. The van der Waals surface area contributed by atoms with E-state index < -0.39 is 5.97 Å². The highest BCUT2D eigenvalue weighted by Crippen LogP contribution is 2.36. The number of nitrogens with zero attached hydrogens (tertiary/aromatic N) is 4. The topological polar surface area (TPSA) is 92.9 Å². The number of carboxylic acids is 1. The molecule has 0 aliphatic heterocycles. The van der Waals surface area contributed by atoms with E-state index in [4.69, 9.17) is 4.98 Å². The molecule has 0 saturated heterocycles.